The van der Waals surface area contributed by atoms with E-state index in [-0.39, 0.29) is 28.7 Å². The Balaban J connectivity index is 1.95. The summed E-state index contributed by atoms with van der Waals surface area (Å²) in [6.07, 6.45) is -0.838. The van der Waals surface area contributed by atoms with E-state index < -0.39 is 6.43 Å². The molecule has 0 atom stereocenters. The van der Waals surface area contributed by atoms with Crippen LogP contribution in [0.15, 0.2) is 4.47 Å². The predicted octanol–water partition coefficient (Wildman–Crippen LogP) is 2.10. The molecule has 0 bridgehead atoms. The summed E-state index contributed by atoms with van der Waals surface area (Å²) in [6, 6.07) is 0.155. The van der Waals surface area contributed by atoms with E-state index in [1.807, 2.05) is 0 Å². The molecule has 2 heterocycles. The first-order valence-electron chi connectivity index (χ1n) is 6.87. The molecule has 1 aromatic heterocycles. The number of alkyl halides is 2. The summed E-state index contributed by atoms with van der Waals surface area (Å²) < 4.78 is 27.1. The molecule has 0 aromatic carbocycles. The molecule has 1 saturated heterocycles. The lowest BCUT2D eigenvalue weighted by Gasteiger charge is -2.29. The van der Waals surface area contributed by atoms with Gasteiger partial charge in [0.2, 0.25) is 5.91 Å². The van der Waals surface area contributed by atoms with Crippen LogP contribution < -0.4 is 5.32 Å². The third-order valence-corrected chi connectivity index (χ3v) is 4.72. The van der Waals surface area contributed by atoms with Gasteiger partial charge >= 0.3 is 0 Å². The van der Waals surface area contributed by atoms with E-state index in [0.29, 0.717) is 5.69 Å². The highest BCUT2D eigenvalue weighted by Gasteiger charge is 2.22. The van der Waals surface area contributed by atoms with Gasteiger partial charge in [-0.1, -0.05) is 0 Å². The molecular weight excluding hydrogens is 346 g/mol. The smallest absolute Gasteiger partial charge is 0.283 e. The molecule has 2 rings (SSSR count). The van der Waals surface area contributed by atoms with E-state index >= 15 is 0 Å². The molecule has 5 nitrogen and oxygen atoms in total. The van der Waals surface area contributed by atoms with Crippen LogP contribution in [-0.2, 0) is 11.3 Å². The maximum atomic E-state index is 12.8. The quantitative estimate of drug-likeness (QED) is 0.889. The Kier molecular flexibility index (Phi) is 5.32. The Hall–Kier alpha value is -1.02. The second-order valence-electron chi connectivity index (χ2n) is 5.39. The molecule has 0 spiro atoms. The van der Waals surface area contributed by atoms with Gasteiger partial charge in [-0.05, 0) is 55.8 Å². The van der Waals surface area contributed by atoms with Gasteiger partial charge in [0.25, 0.3) is 6.43 Å². The van der Waals surface area contributed by atoms with E-state index in [1.54, 1.807) is 6.92 Å². The SMILES string of the molecule is Cc1c(Br)c(C(F)F)nn1CC(=O)NC1CCN(C)CC1. The maximum Gasteiger partial charge on any atom is 0.283 e. The third kappa shape index (κ3) is 4.00. The van der Waals surface area contributed by atoms with Crippen LogP contribution in [0.2, 0.25) is 0 Å². The summed E-state index contributed by atoms with van der Waals surface area (Å²) in [5.74, 6) is -0.191. The van der Waals surface area contributed by atoms with Crippen LogP contribution in [0.25, 0.3) is 0 Å². The highest BCUT2D eigenvalue weighted by molar-refractivity contribution is 9.10. The van der Waals surface area contributed by atoms with Gasteiger partial charge < -0.3 is 10.2 Å². The number of carbonyl (C=O) groups excluding carboxylic acids is 1. The lowest BCUT2D eigenvalue weighted by Crippen LogP contribution is -2.44. The first kappa shape index (κ1) is 16.4. The number of nitrogens with zero attached hydrogens (tertiary/aromatic N) is 3. The van der Waals surface area contributed by atoms with Gasteiger partial charge in [0.15, 0.2) is 0 Å². The zero-order valence-corrected chi connectivity index (χ0v) is 13.7. The van der Waals surface area contributed by atoms with Crippen molar-refractivity contribution in [2.24, 2.45) is 0 Å². The molecule has 8 heteroatoms. The number of carbonyl (C=O) groups is 1. The van der Waals surface area contributed by atoms with Crippen molar-refractivity contribution in [3.8, 4) is 0 Å². The van der Waals surface area contributed by atoms with Crippen LogP contribution in [0.3, 0.4) is 0 Å². The Morgan fingerprint density at radius 3 is 2.62 bits per heavy atom. The van der Waals surface area contributed by atoms with E-state index in [4.69, 9.17) is 0 Å². The molecule has 118 valence electrons. The normalized spacial score (nSPS) is 17.4. The maximum absolute atomic E-state index is 12.8. The van der Waals surface area contributed by atoms with Crippen LogP contribution in [-0.4, -0.2) is 46.8 Å². The van der Waals surface area contributed by atoms with Crippen molar-refractivity contribution >= 4 is 21.8 Å². The number of likely N-dealkylation sites (tertiary alicyclic amines) is 1. The Morgan fingerprint density at radius 2 is 2.10 bits per heavy atom. The lowest BCUT2D eigenvalue weighted by molar-refractivity contribution is -0.122. The Labute approximate surface area is 130 Å². The molecule has 1 aliphatic rings. The Morgan fingerprint density at radius 1 is 1.48 bits per heavy atom. The monoisotopic (exact) mass is 364 g/mol. The van der Waals surface area contributed by atoms with E-state index in [9.17, 15) is 13.6 Å². The van der Waals surface area contributed by atoms with E-state index in [0.717, 1.165) is 25.9 Å². The van der Waals surface area contributed by atoms with E-state index in [2.05, 4.69) is 38.3 Å². The van der Waals surface area contributed by atoms with Gasteiger partial charge in [-0.3, -0.25) is 9.48 Å². The zero-order valence-electron chi connectivity index (χ0n) is 12.1. The van der Waals surface area contributed by atoms with Crippen LogP contribution in [0.5, 0.6) is 0 Å². The summed E-state index contributed by atoms with van der Waals surface area (Å²) in [6.45, 7) is 3.52. The number of nitrogens with one attached hydrogen (secondary N) is 1. The predicted molar refractivity (Wildman–Crippen MR) is 78.3 cm³/mol. The molecule has 1 amide bonds. The fraction of sp³-hybridized carbons (Fsp3) is 0.692. The molecule has 1 fully saturated rings. The third-order valence-electron chi connectivity index (χ3n) is 3.74. The number of rotatable bonds is 4. The minimum absolute atomic E-state index is 0.0382. The average Bonchev–Trinajstić information content (AvgIpc) is 2.70. The molecule has 1 N–H and O–H groups in total. The number of piperidine rings is 1. The van der Waals surface area contributed by atoms with Crippen molar-refractivity contribution in [3.63, 3.8) is 0 Å². The lowest BCUT2D eigenvalue weighted by atomic mass is 10.1. The van der Waals surface area contributed by atoms with Crippen molar-refractivity contribution < 1.29 is 13.6 Å². The molecule has 0 radical (unpaired) electrons. The van der Waals surface area contributed by atoms with Crippen molar-refractivity contribution in [3.05, 3.63) is 15.9 Å². The van der Waals surface area contributed by atoms with Crippen molar-refractivity contribution in [1.29, 1.82) is 0 Å². The fourth-order valence-electron chi connectivity index (χ4n) is 2.40. The summed E-state index contributed by atoms with van der Waals surface area (Å²) in [7, 11) is 2.05. The van der Waals surface area contributed by atoms with Gasteiger partial charge in [0.1, 0.15) is 12.2 Å². The summed E-state index contributed by atoms with van der Waals surface area (Å²) in [5.41, 5.74) is 0.211. The van der Waals surface area contributed by atoms with Gasteiger partial charge in [0, 0.05) is 6.04 Å². The van der Waals surface area contributed by atoms with Crippen LogP contribution >= 0.6 is 15.9 Å². The van der Waals surface area contributed by atoms with Gasteiger partial charge in [-0.15, -0.1) is 0 Å². The van der Waals surface area contributed by atoms with Gasteiger partial charge in [0.05, 0.1) is 10.2 Å². The van der Waals surface area contributed by atoms with Crippen LogP contribution in [0.4, 0.5) is 8.78 Å². The molecule has 1 aliphatic heterocycles. The molecule has 21 heavy (non-hydrogen) atoms. The van der Waals surface area contributed by atoms with Crippen LogP contribution in [0, 0.1) is 6.92 Å². The second kappa shape index (κ2) is 6.83. The molecule has 0 unspecified atom stereocenters. The second-order valence-corrected chi connectivity index (χ2v) is 6.18. The number of hydrogen-bond acceptors (Lipinski definition) is 3. The van der Waals surface area contributed by atoms with Crippen molar-refractivity contribution in [1.82, 2.24) is 20.0 Å². The highest BCUT2D eigenvalue weighted by atomic mass is 79.9. The fourth-order valence-corrected chi connectivity index (χ4v) is 2.86. The molecule has 0 saturated carbocycles. The van der Waals surface area contributed by atoms with E-state index in [1.165, 1.54) is 4.68 Å². The first-order valence-corrected chi connectivity index (χ1v) is 7.66. The number of hydrogen-bond donors (Lipinski definition) is 1. The summed E-state index contributed by atoms with van der Waals surface area (Å²) in [5, 5.41) is 6.75. The molecule has 1 aromatic rings. The highest BCUT2D eigenvalue weighted by Crippen LogP contribution is 2.28. The zero-order chi connectivity index (χ0) is 15.6. The number of aromatic nitrogens is 2. The largest absolute Gasteiger partial charge is 0.352 e. The number of halogens is 3. The van der Waals surface area contributed by atoms with Crippen molar-refractivity contribution in [2.45, 2.75) is 38.8 Å². The standard InChI is InChI=1S/C13H19BrF2N4O/c1-8-11(14)12(13(15)16)18-20(8)7-10(21)17-9-3-5-19(2)6-4-9/h9,13H,3-7H2,1-2H3,(H,17,21). The molecule has 0 aliphatic carbocycles. The minimum Gasteiger partial charge on any atom is -0.352 e. The molecular formula is C13H19BrF2N4O. The minimum atomic E-state index is -2.66. The van der Waals surface area contributed by atoms with Crippen molar-refractivity contribution in [2.75, 3.05) is 20.1 Å². The van der Waals surface area contributed by atoms with Gasteiger partial charge in [-0.25, -0.2) is 8.78 Å². The Bertz CT molecular complexity index is 513. The average molecular weight is 365 g/mol. The summed E-state index contributed by atoms with van der Waals surface area (Å²) >= 11 is 3.10. The number of amides is 1. The van der Waals surface area contributed by atoms with Crippen LogP contribution in [0.1, 0.15) is 30.7 Å². The van der Waals surface area contributed by atoms with Gasteiger partial charge in [-0.2, -0.15) is 5.10 Å². The first-order chi connectivity index (χ1) is 9.88. The summed E-state index contributed by atoms with van der Waals surface area (Å²) in [4.78, 5) is 14.2. The topological polar surface area (TPSA) is 50.2 Å².